The number of benzene rings is 2. The van der Waals surface area contributed by atoms with Gasteiger partial charge in [-0.3, -0.25) is 24.0 Å². The van der Waals surface area contributed by atoms with Crippen molar-refractivity contribution in [3.05, 3.63) is 65.2 Å². The van der Waals surface area contributed by atoms with E-state index in [9.17, 15) is 24.0 Å². The zero-order valence-electron chi connectivity index (χ0n) is 22.8. The average molecular weight is 550 g/mol. The molecule has 0 spiro atoms. The van der Waals surface area contributed by atoms with Gasteiger partial charge in [-0.15, -0.1) is 0 Å². The van der Waals surface area contributed by atoms with Crippen LogP contribution in [-0.4, -0.2) is 78.2 Å². The van der Waals surface area contributed by atoms with Crippen LogP contribution in [0.4, 0.5) is 0 Å². The summed E-state index contributed by atoms with van der Waals surface area (Å²) >= 11 is 0. The smallest absolute Gasteiger partial charge is 0.255 e. The van der Waals surface area contributed by atoms with Crippen LogP contribution in [0.25, 0.3) is 0 Å². The molecule has 2 aliphatic rings. The molecule has 2 aromatic carbocycles. The number of hydrogen-bond donors (Lipinski definition) is 3. The zero-order chi connectivity index (χ0) is 28.6. The number of fused-ring (bicyclic) bond motifs is 1. The van der Waals surface area contributed by atoms with E-state index in [1.807, 2.05) is 29.2 Å². The van der Waals surface area contributed by atoms with Crippen molar-refractivity contribution in [2.75, 3.05) is 26.7 Å². The molecule has 3 N–H and O–H groups in total. The van der Waals surface area contributed by atoms with E-state index in [2.05, 4.69) is 16.0 Å². The van der Waals surface area contributed by atoms with E-state index in [0.717, 1.165) is 24.1 Å². The Kier molecular flexibility index (Phi) is 9.36. The number of ether oxygens (including phenoxy) is 1. The summed E-state index contributed by atoms with van der Waals surface area (Å²) in [5, 5.41) is 8.08. The van der Waals surface area contributed by atoms with Gasteiger partial charge < -0.3 is 30.5 Å². The van der Waals surface area contributed by atoms with Gasteiger partial charge in [0.05, 0.1) is 18.5 Å². The fraction of sp³-hybridized carbons (Fsp3) is 0.414. The number of likely N-dealkylation sites (tertiary alicyclic amines) is 1. The molecule has 5 amide bonds. The molecule has 1 fully saturated rings. The van der Waals surface area contributed by atoms with Gasteiger partial charge in [0.2, 0.25) is 23.6 Å². The van der Waals surface area contributed by atoms with E-state index in [0.29, 0.717) is 18.7 Å². The second-order valence-corrected chi connectivity index (χ2v) is 10.1. The number of para-hydroxylation sites is 1. The Bertz CT molecular complexity index is 1280. The molecule has 0 radical (unpaired) electrons. The lowest BCUT2D eigenvalue weighted by atomic mass is 10.1. The lowest BCUT2D eigenvalue weighted by Crippen LogP contribution is -2.52. The Hall–Kier alpha value is -4.41. The minimum Gasteiger partial charge on any atom is -0.491 e. The third kappa shape index (κ3) is 7.37. The molecule has 40 heavy (non-hydrogen) atoms. The second kappa shape index (κ2) is 13.1. The summed E-state index contributed by atoms with van der Waals surface area (Å²) in [6.45, 7) is 3.37. The SMILES string of the molecule is C[C@@H]1NC(=O)C[C@@H](C(=O)NCc2cccc(CN3CCCC3=O)c2)NC(=O)c2ccccc2OCCN(C)C1=O. The Balaban J connectivity index is 1.48. The molecule has 2 aromatic rings. The summed E-state index contributed by atoms with van der Waals surface area (Å²) in [6.07, 6.45) is 1.06. The van der Waals surface area contributed by atoms with E-state index in [4.69, 9.17) is 4.74 Å². The van der Waals surface area contributed by atoms with Crippen LogP contribution in [0.15, 0.2) is 48.5 Å². The number of likely N-dealkylation sites (N-methyl/N-ethyl adjacent to an activating group) is 1. The van der Waals surface area contributed by atoms with E-state index in [1.165, 1.54) is 4.90 Å². The molecule has 4 rings (SSSR count). The molecule has 0 aromatic heterocycles. The maximum Gasteiger partial charge on any atom is 0.255 e. The number of carbonyl (C=O) groups is 5. The molecule has 2 atom stereocenters. The fourth-order valence-electron chi connectivity index (χ4n) is 4.75. The molecular formula is C29H35N5O6. The van der Waals surface area contributed by atoms with Crippen LogP contribution in [0.3, 0.4) is 0 Å². The molecule has 0 bridgehead atoms. The molecule has 11 nitrogen and oxygen atoms in total. The normalized spacial score (nSPS) is 20.6. The Morgan fingerprint density at radius 2 is 1.80 bits per heavy atom. The van der Waals surface area contributed by atoms with Crippen LogP contribution in [0.5, 0.6) is 5.75 Å². The number of rotatable bonds is 5. The highest BCUT2D eigenvalue weighted by molar-refractivity contribution is 6.01. The van der Waals surface area contributed by atoms with Gasteiger partial charge in [0.15, 0.2) is 0 Å². The summed E-state index contributed by atoms with van der Waals surface area (Å²) in [5.74, 6) is -1.52. The van der Waals surface area contributed by atoms with Crippen molar-refractivity contribution in [3.8, 4) is 5.75 Å². The van der Waals surface area contributed by atoms with Gasteiger partial charge in [0.25, 0.3) is 5.91 Å². The van der Waals surface area contributed by atoms with Crippen LogP contribution in [0.2, 0.25) is 0 Å². The molecule has 1 saturated heterocycles. The molecule has 11 heteroatoms. The monoisotopic (exact) mass is 549 g/mol. The summed E-state index contributed by atoms with van der Waals surface area (Å²) in [6, 6.07) is 12.1. The quantitative estimate of drug-likeness (QED) is 0.508. The van der Waals surface area contributed by atoms with Crippen LogP contribution in [0.1, 0.15) is 47.7 Å². The molecule has 2 aliphatic heterocycles. The minimum absolute atomic E-state index is 0.135. The van der Waals surface area contributed by atoms with Gasteiger partial charge >= 0.3 is 0 Å². The van der Waals surface area contributed by atoms with Crippen molar-refractivity contribution in [3.63, 3.8) is 0 Å². The van der Waals surface area contributed by atoms with Gasteiger partial charge in [0, 0.05) is 33.1 Å². The highest BCUT2D eigenvalue weighted by Crippen LogP contribution is 2.19. The average Bonchev–Trinajstić information content (AvgIpc) is 3.34. The predicted molar refractivity (Wildman–Crippen MR) is 146 cm³/mol. The lowest BCUT2D eigenvalue weighted by molar-refractivity contribution is -0.135. The maximum atomic E-state index is 13.3. The molecule has 0 aliphatic carbocycles. The van der Waals surface area contributed by atoms with Crippen LogP contribution in [-0.2, 0) is 32.3 Å². The molecule has 0 saturated carbocycles. The molecule has 212 valence electrons. The van der Waals surface area contributed by atoms with Gasteiger partial charge in [-0.2, -0.15) is 0 Å². The standard InChI is InChI=1S/C29H35N5O6/c1-19-29(39)33(2)13-14-40-24-10-4-3-9-22(24)27(37)32-23(16-25(35)31-19)28(38)30-17-20-7-5-8-21(15-20)18-34-12-6-11-26(34)36/h3-5,7-10,15,19,23H,6,11-14,16-18H2,1-2H3,(H,30,38)(H,31,35)(H,32,37)/t19-,23-/m0/s1. The van der Waals surface area contributed by atoms with Crippen LogP contribution < -0.4 is 20.7 Å². The number of hydrogen-bond acceptors (Lipinski definition) is 6. The number of carbonyl (C=O) groups excluding carboxylic acids is 5. The van der Waals surface area contributed by atoms with Gasteiger partial charge in [-0.1, -0.05) is 36.4 Å². The van der Waals surface area contributed by atoms with Crippen molar-refractivity contribution < 1.29 is 28.7 Å². The number of nitrogens with zero attached hydrogens (tertiary/aromatic N) is 2. The zero-order valence-corrected chi connectivity index (χ0v) is 22.8. The summed E-state index contributed by atoms with van der Waals surface area (Å²) in [5.41, 5.74) is 1.98. The van der Waals surface area contributed by atoms with Crippen molar-refractivity contribution in [2.24, 2.45) is 0 Å². The summed E-state index contributed by atoms with van der Waals surface area (Å²) in [4.78, 5) is 67.2. The highest BCUT2D eigenvalue weighted by Gasteiger charge is 2.28. The van der Waals surface area contributed by atoms with Crippen molar-refractivity contribution in [1.29, 1.82) is 0 Å². The van der Waals surface area contributed by atoms with Crippen molar-refractivity contribution in [2.45, 2.75) is 51.4 Å². The van der Waals surface area contributed by atoms with Gasteiger partial charge in [0.1, 0.15) is 24.4 Å². The first-order chi connectivity index (χ1) is 19.2. The fourth-order valence-corrected chi connectivity index (χ4v) is 4.75. The Labute approximate surface area is 233 Å². The number of nitrogens with one attached hydrogen (secondary N) is 3. The lowest BCUT2D eigenvalue weighted by Gasteiger charge is -2.25. The first kappa shape index (κ1) is 28.6. The highest BCUT2D eigenvalue weighted by atomic mass is 16.5. The predicted octanol–water partition coefficient (Wildman–Crippen LogP) is 0.969. The van der Waals surface area contributed by atoms with Crippen molar-refractivity contribution >= 4 is 29.5 Å². The van der Waals surface area contributed by atoms with Gasteiger partial charge in [-0.25, -0.2) is 0 Å². The third-order valence-electron chi connectivity index (χ3n) is 6.95. The first-order valence-corrected chi connectivity index (χ1v) is 13.4. The molecule has 0 unspecified atom stereocenters. The van der Waals surface area contributed by atoms with E-state index < -0.39 is 29.8 Å². The number of amides is 5. The summed E-state index contributed by atoms with van der Waals surface area (Å²) in [7, 11) is 1.60. The van der Waals surface area contributed by atoms with E-state index in [-0.39, 0.29) is 43.5 Å². The maximum absolute atomic E-state index is 13.3. The third-order valence-corrected chi connectivity index (χ3v) is 6.95. The summed E-state index contributed by atoms with van der Waals surface area (Å²) < 4.78 is 5.78. The van der Waals surface area contributed by atoms with Gasteiger partial charge in [-0.05, 0) is 36.6 Å². The topological polar surface area (TPSA) is 137 Å². The van der Waals surface area contributed by atoms with Crippen LogP contribution >= 0.6 is 0 Å². The van der Waals surface area contributed by atoms with E-state index in [1.54, 1.807) is 38.2 Å². The molecular weight excluding hydrogens is 514 g/mol. The first-order valence-electron chi connectivity index (χ1n) is 13.4. The largest absolute Gasteiger partial charge is 0.491 e. The second-order valence-electron chi connectivity index (χ2n) is 10.1. The molecule has 2 heterocycles. The van der Waals surface area contributed by atoms with Crippen molar-refractivity contribution in [1.82, 2.24) is 25.8 Å². The Morgan fingerprint density at radius 1 is 1.02 bits per heavy atom. The minimum atomic E-state index is -1.20. The Morgan fingerprint density at radius 3 is 2.58 bits per heavy atom. The van der Waals surface area contributed by atoms with E-state index >= 15 is 0 Å². The van der Waals surface area contributed by atoms with Crippen LogP contribution in [0, 0.1) is 0 Å².